The van der Waals surface area contributed by atoms with Crippen molar-refractivity contribution in [3.05, 3.63) is 0 Å². The number of carbonyl (C=O) groups excluding carboxylic acids is 5. The van der Waals surface area contributed by atoms with Crippen molar-refractivity contribution in [3.8, 4) is 0 Å². The molecule has 2 saturated heterocycles. The van der Waals surface area contributed by atoms with Crippen LogP contribution >= 0.6 is 0 Å². The van der Waals surface area contributed by atoms with Crippen LogP contribution in [0, 0.1) is 17.8 Å². The van der Waals surface area contributed by atoms with Crippen molar-refractivity contribution in [1.82, 2.24) is 31.5 Å². The molecule has 4 atom stereocenters. The summed E-state index contributed by atoms with van der Waals surface area (Å²) in [5.74, 6) is -2.17. The van der Waals surface area contributed by atoms with Crippen molar-refractivity contribution >= 4 is 29.4 Å². The fourth-order valence-electron chi connectivity index (χ4n) is 6.41. The lowest BCUT2D eigenvalue weighted by Crippen LogP contribution is -2.58. The van der Waals surface area contributed by atoms with Crippen molar-refractivity contribution < 1.29 is 24.0 Å². The Balaban J connectivity index is 1.81. The van der Waals surface area contributed by atoms with Gasteiger partial charge in [-0.15, -0.1) is 0 Å². The molecule has 5 N–H and O–H groups in total. The number of carbonyl (C=O) groups is 5. The highest BCUT2D eigenvalue weighted by Gasteiger charge is 2.39. The summed E-state index contributed by atoms with van der Waals surface area (Å²) in [7, 11) is 2.07. The molecule has 3 rings (SSSR count). The lowest BCUT2D eigenvalue weighted by molar-refractivity contribution is -0.137. The van der Waals surface area contributed by atoms with E-state index in [2.05, 4.69) is 38.5 Å². The molecule has 3 aliphatic rings. The predicted octanol–water partition coefficient (Wildman–Crippen LogP) is 1.65. The van der Waals surface area contributed by atoms with Crippen LogP contribution in [0.3, 0.4) is 0 Å². The molecule has 11 heteroatoms. The number of rotatable bonds is 10. The summed E-state index contributed by atoms with van der Waals surface area (Å²) >= 11 is 0. The van der Waals surface area contributed by atoms with E-state index in [1.165, 1.54) is 6.42 Å². The van der Waals surface area contributed by atoms with Gasteiger partial charge in [0.25, 0.3) is 0 Å². The van der Waals surface area contributed by atoms with E-state index in [1.807, 2.05) is 6.92 Å². The number of hydrogen-bond acceptors (Lipinski definition) is 7. The van der Waals surface area contributed by atoms with E-state index < -0.39 is 23.5 Å². The summed E-state index contributed by atoms with van der Waals surface area (Å²) < 4.78 is 0. The van der Waals surface area contributed by atoms with Gasteiger partial charge in [-0.2, -0.15) is 0 Å². The number of ketones is 1. The first-order chi connectivity index (χ1) is 20.4. The fraction of sp³-hybridized carbons (Fsp3) is 0.844. The highest BCUT2D eigenvalue weighted by atomic mass is 16.2. The SMILES string of the molecule is CC[C@@H]1NC(=O)[C@H](CCCNC2CN(C)C2)CC(=O)[C@](C)(NC(=O)C(C)C)CCNC(=O)[C@@H](CC2CCCCC2)NC1=O. The van der Waals surface area contributed by atoms with Crippen LogP contribution in [0.4, 0.5) is 0 Å². The van der Waals surface area contributed by atoms with Gasteiger partial charge in [-0.25, -0.2) is 0 Å². The summed E-state index contributed by atoms with van der Waals surface area (Å²) in [6.45, 7) is 9.90. The van der Waals surface area contributed by atoms with E-state index in [0.717, 1.165) is 45.3 Å². The quantitative estimate of drug-likeness (QED) is 0.238. The van der Waals surface area contributed by atoms with Gasteiger partial charge in [0.2, 0.25) is 23.6 Å². The number of amides is 4. The highest BCUT2D eigenvalue weighted by Crippen LogP contribution is 2.28. The first kappa shape index (κ1) is 35.0. The largest absolute Gasteiger partial charge is 0.354 e. The first-order valence-corrected chi connectivity index (χ1v) is 16.6. The zero-order chi connectivity index (χ0) is 31.6. The number of likely N-dealkylation sites (tertiary alicyclic amines) is 1. The maximum Gasteiger partial charge on any atom is 0.243 e. The molecule has 0 bridgehead atoms. The standard InChI is InChI=1S/C32H56N6O5/c1-6-25-31(43)36-26(17-22-11-8-7-9-12-22)30(42)34-16-14-32(4,37-28(40)21(2)3)27(39)18-23(29(41)35-25)13-10-15-33-24-19-38(5)20-24/h21-26,33H,6-20H2,1-5H3,(H,34,42)(H,35,41)(H,36,43)(H,37,40)/t23-,25+,26-,32-/m1/s1. The summed E-state index contributed by atoms with van der Waals surface area (Å²) in [6, 6.07) is -1.11. The van der Waals surface area contributed by atoms with E-state index in [0.29, 0.717) is 37.6 Å². The maximum absolute atomic E-state index is 13.9. The van der Waals surface area contributed by atoms with Gasteiger partial charge in [0.15, 0.2) is 5.78 Å². The summed E-state index contributed by atoms with van der Waals surface area (Å²) in [4.78, 5) is 69.3. The third kappa shape index (κ3) is 10.6. The van der Waals surface area contributed by atoms with Crippen LogP contribution in [0.5, 0.6) is 0 Å². The molecule has 0 spiro atoms. The van der Waals surface area contributed by atoms with Crippen LogP contribution in [0.25, 0.3) is 0 Å². The average Bonchev–Trinajstić information content (AvgIpc) is 2.95. The minimum atomic E-state index is -1.25. The number of likely N-dealkylation sites (N-methyl/N-ethyl adjacent to an activating group) is 1. The second kappa shape index (κ2) is 16.5. The predicted molar refractivity (Wildman–Crippen MR) is 166 cm³/mol. The van der Waals surface area contributed by atoms with Crippen LogP contribution < -0.4 is 26.6 Å². The second-order valence-electron chi connectivity index (χ2n) is 13.6. The molecule has 0 radical (unpaired) electrons. The zero-order valence-electron chi connectivity index (χ0n) is 27.1. The molecule has 1 aliphatic carbocycles. The van der Waals surface area contributed by atoms with Crippen LogP contribution in [0.15, 0.2) is 0 Å². The van der Waals surface area contributed by atoms with Gasteiger partial charge in [-0.1, -0.05) is 52.9 Å². The molecule has 3 fully saturated rings. The Morgan fingerprint density at radius 1 is 1.00 bits per heavy atom. The summed E-state index contributed by atoms with van der Waals surface area (Å²) in [6.07, 6.45) is 7.65. The lowest BCUT2D eigenvalue weighted by atomic mass is 9.83. The molecule has 0 aromatic rings. The van der Waals surface area contributed by atoms with Gasteiger partial charge in [0, 0.05) is 43.9 Å². The van der Waals surface area contributed by atoms with Crippen molar-refractivity contribution in [2.75, 3.05) is 33.2 Å². The van der Waals surface area contributed by atoms with Crippen LogP contribution in [0.1, 0.15) is 98.3 Å². The van der Waals surface area contributed by atoms with Crippen molar-refractivity contribution in [2.45, 2.75) is 122 Å². The van der Waals surface area contributed by atoms with Gasteiger partial charge in [0.1, 0.15) is 12.1 Å². The molecule has 0 aromatic carbocycles. The molecule has 43 heavy (non-hydrogen) atoms. The van der Waals surface area contributed by atoms with Crippen molar-refractivity contribution in [3.63, 3.8) is 0 Å². The molecular weight excluding hydrogens is 548 g/mol. The van der Waals surface area contributed by atoms with Gasteiger partial charge in [-0.3, -0.25) is 24.0 Å². The fourth-order valence-corrected chi connectivity index (χ4v) is 6.41. The second-order valence-corrected chi connectivity index (χ2v) is 13.6. The zero-order valence-corrected chi connectivity index (χ0v) is 27.1. The number of hydrogen-bond donors (Lipinski definition) is 5. The summed E-state index contributed by atoms with van der Waals surface area (Å²) in [5.41, 5.74) is -1.25. The molecule has 4 amide bonds. The Morgan fingerprint density at radius 3 is 2.30 bits per heavy atom. The third-order valence-corrected chi connectivity index (χ3v) is 9.46. The van der Waals surface area contributed by atoms with E-state index in [-0.39, 0.29) is 54.7 Å². The van der Waals surface area contributed by atoms with Gasteiger partial charge in [-0.05, 0) is 58.5 Å². The van der Waals surface area contributed by atoms with E-state index >= 15 is 0 Å². The molecule has 0 aromatic heterocycles. The van der Waals surface area contributed by atoms with Crippen molar-refractivity contribution in [1.29, 1.82) is 0 Å². The van der Waals surface area contributed by atoms with E-state index in [9.17, 15) is 24.0 Å². The van der Waals surface area contributed by atoms with E-state index in [4.69, 9.17) is 0 Å². The monoisotopic (exact) mass is 604 g/mol. The highest BCUT2D eigenvalue weighted by molar-refractivity contribution is 5.97. The first-order valence-electron chi connectivity index (χ1n) is 16.6. The molecule has 11 nitrogen and oxygen atoms in total. The topological polar surface area (TPSA) is 149 Å². The molecule has 2 heterocycles. The maximum atomic E-state index is 13.9. The molecule has 244 valence electrons. The smallest absolute Gasteiger partial charge is 0.243 e. The Labute approximate surface area is 257 Å². The number of nitrogens with one attached hydrogen (secondary N) is 5. The molecule has 2 aliphatic heterocycles. The Hall–Kier alpha value is -2.53. The Bertz CT molecular complexity index is 977. The number of Topliss-reactive ketones (excluding diaryl/α,β-unsaturated/α-hetero) is 1. The average molecular weight is 605 g/mol. The Kier molecular flexibility index (Phi) is 13.4. The normalized spacial score (nSPS) is 29.3. The molecule has 0 unspecified atom stereocenters. The summed E-state index contributed by atoms with van der Waals surface area (Å²) in [5, 5.41) is 15.2. The van der Waals surface area contributed by atoms with Gasteiger partial charge >= 0.3 is 0 Å². The lowest BCUT2D eigenvalue weighted by Gasteiger charge is -2.37. The molecule has 1 saturated carbocycles. The van der Waals surface area contributed by atoms with Crippen LogP contribution in [-0.4, -0.2) is 91.2 Å². The van der Waals surface area contributed by atoms with Crippen molar-refractivity contribution in [2.24, 2.45) is 17.8 Å². The van der Waals surface area contributed by atoms with E-state index in [1.54, 1.807) is 20.8 Å². The number of nitrogens with zero attached hydrogens (tertiary/aromatic N) is 1. The van der Waals surface area contributed by atoms with Crippen LogP contribution in [-0.2, 0) is 24.0 Å². The van der Waals surface area contributed by atoms with Gasteiger partial charge < -0.3 is 31.5 Å². The third-order valence-electron chi connectivity index (χ3n) is 9.46. The Morgan fingerprint density at radius 2 is 1.67 bits per heavy atom. The van der Waals surface area contributed by atoms with Gasteiger partial charge in [0.05, 0.1) is 5.54 Å². The minimum absolute atomic E-state index is 0.0663. The minimum Gasteiger partial charge on any atom is -0.354 e. The van der Waals surface area contributed by atoms with Crippen LogP contribution in [0.2, 0.25) is 0 Å². The molecular formula is C32H56N6O5.